The highest BCUT2D eigenvalue weighted by atomic mass is 16.3. The van der Waals surface area contributed by atoms with Gasteiger partial charge in [-0.3, -0.25) is 9.78 Å². The maximum atomic E-state index is 12.3. The number of amides is 1. The van der Waals surface area contributed by atoms with E-state index in [2.05, 4.69) is 20.9 Å². The summed E-state index contributed by atoms with van der Waals surface area (Å²) >= 11 is 0. The van der Waals surface area contributed by atoms with Crippen LogP contribution in [0.25, 0.3) is 11.0 Å². The summed E-state index contributed by atoms with van der Waals surface area (Å²) in [4.78, 5) is 16.6. The van der Waals surface area contributed by atoms with Gasteiger partial charge in [0.05, 0.1) is 0 Å². The van der Waals surface area contributed by atoms with Gasteiger partial charge >= 0.3 is 0 Å². The number of pyridine rings is 1. The summed E-state index contributed by atoms with van der Waals surface area (Å²) in [7, 11) is 1.79. The third-order valence-corrected chi connectivity index (χ3v) is 4.50. The van der Waals surface area contributed by atoms with Gasteiger partial charge < -0.3 is 20.4 Å². The number of carbonyl (C=O) groups excluding carboxylic acids is 1. The van der Waals surface area contributed by atoms with Crippen molar-refractivity contribution in [1.82, 2.24) is 15.6 Å². The van der Waals surface area contributed by atoms with Gasteiger partial charge in [0.15, 0.2) is 5.88 Å². The summed E-state index contributed by atoms with van der Waals surface area (Å²) in [6, 6.07) is 4.77. The molecule has 2 fully saturated rings. The van der Waals surface area contributed by atoms with Gasteiger partial charge in [0, 0.05) is 48.9 Å². The van der Waals surface area contributed by atoms with Crippen LogP contribution < -0.4 is 16.0 Å². The lowest BCUT2D eigenvalue weighted by Gasteiger charge is -2.21. The van der Waals surface area contributed by atoms with E-state index in [0.29, 0.717) is 29.2 Å². The minimum absolute atomic E-state index is 0.126. The van der Waals surface area contributed by atoms with Gasteiger partial charge in [-0.1, -0.05) is 0 Å². The molecule has 2 bridgehead atoms. The molecular formula is C15H18N4O2. The van der Waals surface area contributed by atoms with Gasteiger partial charge in [-0.2, -0.15) is 0 Å². The van der Waals surface area contributed by atoms with Crippen molar-refractivity contribution >= 4 is 22.8 Å². The van der Waals surface area contributed by atoms with Gasteiger partial charge in [0.25, 0.3) is 5.91 Å². The molecule has 4 rings (SSSR count). The predicted octanol–water partition coefficient (Wildman–Crippen LogP) is 1.49. The fraction of sp³-hybridized carbons (Fsp3) is 0.467. The van der Waals surface area contributed by atoms with Crippen LogP contribution in [-0.2, 0) is 0 Å². The van der Waals surface area contributed by atoms with Crippen molar-refractivity contribution in [1.29, 1.82) is 0 Å². The Bertz CT molecular complexity index is 696. The largest absolute Gasteiger partial charge is 0.441 e. The highest BCUT2D eigenvalue weighted by Crippen LogP contribution is 2.28. The van der Waals surface area contributed by atoms with Crippen LogP contribution in [0.3, 0.4) is 0 Å². The molecule has 1 amide bonds. The van der Waals surface area contributed by atoms with E-state index in [1.807, 2.05) is 6.07 Å². The van der Waals surface area contributed by atoms with E-state index in [9.17, 15) is 4.79 Å². The fourth-order valence-electron chi connectivity index (χ4n) is 3.41. The molecule has 6 heteroatoms. The molecule has 0 aliphatic carbocycles. The molecule has 0 saturated carbocycles. The summed E-state index contributed by atoms with van der Waals surface area (Å²) in [6.45, 7) is 0. The molecule has 110 valence electrons. The van der Waals surface area contributed by atoms with Gasteiger partial charge in [-0.05, 0) is 19.3 Å². The SMILES string of the molecule is CNc1cc2cnc(C(=O)N[C@@H]3C[C@H]4CC[C@@H]3N4)cc2o1. The van der Waals surface area contributed by atoms with Crippen LogP contribution in [0, 0.1) is 0 Å². The topological polar surface area (TPSA) is 79.2 Å². The van der Waals surface area contributed by atoms with Gasteiger partial charge in [-0.25, -0.2) is 0 Å². The standard InChI is InChI=1S/C15H18N4O2/c1-16-14-4-8-7-17-12(6-13(8)21-14)15(20)19-11-5-9-2-3-10(11)18-9/h4,6-7,9-11,16,18H,2-3,5H2,1H3,(H,19,20)/t9-,10+,11-/m1/s1. The number of hydrogen-bond acceptors (Lipinski definition) is 5. The zero-order chi connectivity index (χ0) is 14.4. The van der Waals surface area contributed by atoms with Crippen LogP contribution in [0.2, 0.25) is 0 Å². The van der Waals surface area contributed by atoms with E-state index in [1.165, 1.54) is 6.42 Å². The quantitative estimate of drug-likeness (QED) is 0.796. The Labute approximate surface area is 122 Å². The van der Waals surface area contributed by atoms with Gasteiger partial charge in [0.2, 0.25) is 0 Å². The maximum Gasteiger partial charge on any atom is 0.270 e. The Morgan fingerprint density at radius 2 is 2.33 bits per heavy atom. The normalized spacial score (nSPS) is 27.2. The van der Waals surface area contributed by atoms with Crippen LogP contribution in [0.15, 0.2) is 22.7 Å². The molecule has 0 unspecified atom stereocenters. The van der Waals surface area contributed by atoms with Crippen LogP contribution in [0.1, 0.15) is 29.8 Å². The number of rotatable bonds is 3. The molecule has 3 atom stereocenters. The van der Waals surface area contributed by atoms with Crippen LogP contribution in [0.5, 0.6) is 0 Å². The second kappa shape index (κ2) is 4.73. The summed E-state index contributed by atoms with van der Waals surface area (Å²) in [5.41, 5.74) is 1.08. The van der Waals surface area contributed by atoms with Crippen molar-refractivity contribution in [3.8, 4) is 0 Å². The molecule has 2 aliphatic rings. The Morgan fingerprint density at radius 3 is 3.05 bits per heavy atom. The maximum absolute atomic E-state index is 12.3. The second-order valence-electron chi connectivity index (χ2n) is 5.83. The average molecular weight is 286 g/mol. The number of nitrogens with zero attached hydrogens (tertiary/aromatic N) is 1. The number of aromatic nitrogens is 1. The number of hydrogen-bond donors (Lipinski definition) is 3. The molecule has 2 aromatic rings. The lowest BCUT2D eigenvalue weighted by molar-refractivity contribution is 0.0926. The highest BCUT2D eigenvalue weighted by molar-refractivity contribution is 5.95. The van der Waals surface area contributed by atoms with E-state index >= 15 is 0 Å². The molecule has 2 aliphatic heterocycles. The van der Waals surface area contributed by atoms with Gasteiger partial charge in [0.1, 0.15) is 11.3 Å². The van der Waals surface area contributed by atoms with Crippen molar-refractivity contribution in [2.24, 2.45) is 0 Å². The fourth-order valence-corrected chi connectivity index (χ4v) is 3.41. The third kappa shape index (κ3) is 2.15. The first-order valence-corrected chi connectivity index (χ1v) is 7.37. The van der Waals surface area contributed by atoms with Crippen molar-refractivity contribution in [3.05, 3.63) is 24.0 Å². The first kappa shape index (κ1) is 12.6. The summed E-state index contributed by atoms with van der Waals surface area (Å²) in [5.74, 6) is 0.542. The Balaban J connectivity index is 1.53. The lowest BCUT2D eigenvalue weighted by Crippen LogP contribution is -2.43. The molecule has 0 radical (unpaired) electrons. The van der Waals surface area contributed by atoms with E-state index in [1.54, 1.807) is 19.3 Å². The third-order valence-electron chi connectivity index (χ3n) is 4.50. The Hall–Kier alpha value is -2.08. The van der Waals surface area contributed by atoms with Crippen molar-refractivity contribution in [2.45, 2.75) is 37.4 Å². The van der Waals surface area contributed by atoms with Crippen LogP contribution in [0.4, 0.5) is 5.88 Å². The first-order valence-electron chi connectivity index (χ1n) is 7.37. The summed E-state index contributed by atoms with van der Waals surface area (Å²) < 4.78 is 5.58. The number of anilines is 1. The minimum Gasteiger partial charge on any atom is -0.441 e. The number of carbonyl (C=O) groups is 1. The Morgan fingerprint density at radius 1 is 1.43 bits per heavy atom. The molecule has 2 saturated heterocycles. The number of furan rings is 1. The highest BCUT2D eigenvalue weighted by Gasteiger charge is 2.39. The molecule has 6 nitrogen and oxygen atoms in total. The van der Waals surface area contributed by atoms with E-state index < -0.39 is 0 Å². The minimum atomic E-state index is -0.126. The molecule has 0 spiro atoms. The van der Waals surface area contributed by atoms with E-state index in [-0.39, 0.29) is 11.9 Å². The molecule has 3 N–H and O–H groups in total. The van der Waals surface area contributed by atoms with Crippen LogP contribution in [-0.4, -0.2) is 36.1 Å². The summed E-state index contributed by atoms with van der Waals surface area (Å²) in [5, 5.41) is 10.4. The van der Waals surface area contributed by atoms with Gasteiger partial charge in [-0.15, -0.1) is 0 Å². The van der Waals surface area contributed by atoms with Crippen molar-refractivity contribution < 1.29 is 9.21 Å². The monoisotopic (exact) mass is 286 g/mol. The zero-order valence-corrected chi connectivity index (χ0v) is 11.8. The van der Waals surface area contributed by atoms with Crippen molar-refractivity contribution in [3.63, 3.8) is 0 Å². The Kier molecular flexibility index (Phi) is 2.85. The van der Waals surface area contributed by atoms with Crippen molar-refractivity contribution in [2.75, 3.05) is 12.4 Å². The smallest absolute Gasteiger partial charge is 0.270 e. The number of nitrogens with one attached hydrogen (secondary N) is 3. The first-order chi connectivity index (χ1) is 10.2. The molecule has 0 aromatic carbocycles. The molecule has 2 aromatic heterocycles. The van der Waals surface area contributed by atoms with Crippen LogP contribution >= 0.6 is 0 Å². The predicted molar refractivity (Wildman–Crippen MR) is 79.4 cm³/mol. The molecule has 4 heterocycles. The number of fused-ring (bicyclic) bond motifs is 3. The van der Waals surface area contributed by atoms with E-state index in [4.69, 9.17) is 4.42 Å². The average Bonchev–Trinajstić information content (AvgIpc) is 3.20. The zero-order valence-electron chi connectivity index (χ0n) is 11.8. The molecular weight excluding hydrogens is 268 g/mol. The van der Waals surface area contributed by atoms with E-state index in [0.717, 1.165) is 18.2 Å². The lowest BCUT2D eigenvalue weighted by atomic mass is 9.95. The molecule has 21 heavy (non-hydrogen) atoms. The summed E-state index contributed by atoms with van der Waals surface area (Å²) in [6.07, 6.45) is 5.06. The second-order valence-corrected chi connectivity index (χ2v) is 5.83.